The van der Waals surface area contributed by atoms with Crippen LogP contribution in [0.25, 0.3) is 11.4 Å². The average Bonchev–Trinajstić information content (AvgIpc) is 3.27. The Labute approximate surface area is 190 Å². The molecule has 2 aromatic heterocycles. The van der Waals surface area contributed by atoms with Gasteiger partial charge in [0.15, 0.2) is 11.5 Å². The summed E-state index contributed by atoms with van der Waals surface area (Å²) in [5.41, 5.74) is -0.536. The standard InChI is InChI=1S/C22H28F3N7O/c1-31-9-4-15(5-10-31)13-27-21(33)28-17-6-11-32(14-17)19-12-18(22(23,24)25)29-20(30-19)16-2-7-26-8-3-16/h2-3,7-8,12,15,17H,4-6,9-11,13-14H2,1H3,(H2,27,28,33). The molecule has 0 aromatic carbocycles. The maximum absolute atomic E-state index is 13.5. The monoisotopic (exact) mass is 463 g/mol. The van der Waals surface area contributed by atoms with Gasteiger partial charge in [-0.1, -0.05) is 0 Å². The van der Waals surface area contributed by atoms with Crippen LogP contribution in [0.15, 0.2) is 30.6 Å². The number of urea groups is 1. The third-order valence-electron chi connectivity index (χ3n) is 6.18. The fourth-order valence-corrected chi connectivity index (χ4v) is 4.20. The highest BCUT2D eigenvalue weighted by molar-refractivity contribution is 5.74. The molecule has 2 aliphatic rings. The summed E-state index contributed by atoms with van der Waals surface area (Å²) in [6.07, 6.45) is 1.12. The highest BCUT2D eigenvalue weighted by Gasteiger charge is 2.35. The maximum Gasteiger partial charge on any atom is 0.433 e. The molecule has 0 saturated carbocycles. The van der Waals surface area contributed by atoms with Crippen LogP contribution in [-0.4, -0.2) is 71.7 Å². The lowest BCUT2D eigenvalue weighted by atomic mass is 9.97. The molecule has 1 atom stereocenters. The Kier molecular flexibility index (Phi) is 6.96. The lowest BCUT2D eigenvalue weighted by Crippen LogP contribution is -2.45. The van der Waals surface area contributed by atoms with E-state index in [0.29, 0.717) is 37.5 Å². The molecular weight excluding hydrogens is 435 g/mol. The predicted octanol–water partition coefficient (Wildman–Crippen LogP) is 2.78. The van der Waals surface area contributed by atoms with Crippen molar-refractivity contribution in [3.63, 3.8) is 0 Å². The first-order chi connectivity index (χ1) is 15.8. The number of nitrogens with one attached hydrogen (secondary N) is 2. The zero-order chi connectivity index (χ0) is 23.4. The molecule has 4 heterocycles. The summed E-state index contributed by atoms with van der Waals surface area (Å²) in [7, 11) is 2.09. The number of alkyl halides is 3. The Morgan fingerprint density at radius 2 is 1.85 bits per heavy atom. The van der Waals surface area contributed by atoms with E-state index in [1.807, 2.05) is 0 Å². The third kappa shape index (κ3) is 6.10. The minimum Gasteiger partial charge on any atom is -0.354 e. The lowest BCUT2D eigenvalue weighted by Gasteiger charge is -2.29. The van der Waals surface area contributed by atoms with E-state index < -0.39 is 11.9 Å². The fourth-order valence-electron chi connectivity index (χ4n) is 4.20. The van der Waals surface area contributed by atoms with Gasteiger partial charge in [0.2, 0.25) is 0 Å². The molecule has 2 amide bonds. The number of halogens is 3. The van der Waals surface area contributed by atoms with Crippen LogP contribution >= 0.6 is 0 Å². The SMILES string of the molecule is CN1CCC(CNC(=O)NC2CCN(c3cc(C(F)(F)F)nc(-c4ccncc4)n3)C2)CC1. The van der Waals surface area contributed by atoms with Crippen LogP contribution < -0.4 is 15.5 Å². The Morgan fingerprint density at radius 1 is 1.12 bits per heavy atom. The molecule has 2 fully saturated rings. The molecule has 0 aliphatic carbocycles. The molecule has 2 aliphatic heterocycles. The van der Waals surface area contributed by atoms with Crippen molar-refractivity contribution in [3.8, 4) is 11.4 Å². The van der Waals surface area contributed by atoms with Crippen molar-refractivity contribution in [2.24, 2.45) is 5.92 Å². The number of piperidine rings is 1. The molecule has 2 aromatic rings. The summed E-state index contributed by atoms with van der Waals surface area (Å²) in [4.78, 5) is 28.4. The molecule has 4 rings (SSSR count). The summed E-state index contributed by atoms with van der Waals surface area (Å²) in [5.74, 6) is 0.662. The summed E-state index contributed by atoms with van der Waals surface area (Å²) in [6.45, 7) is 3.57. The number of pyridine rings is 1. The van der Waals surface area contributed by atoms with Crippen molar-refractivity contribution >= 4 is 11.8 Å². The number of carbonyl (C=O) groups excluding carboxylic acids is 1. The van der Waals surface area contributed by atoms with Gasteiger partial charge in [0.05, 0.1) is 0 Å². The quantitative estimate of drug-likeness (QED) is 0.709. The van der Waals surface area contributed by atoms with Gasteiger partial charge in [-0.05, 0) is 57.5 Å². The fraction of sp³-hybridized carbons (Fsp3) is 0.545. The Balaban J connectivity index is 1.38. The number of rotatable bonds is 5. The molecule has 1 unspecified atom stereocenters. The smallest absolute Gasteiger partial charge is 0.354 e. The maximum atomic E-state index is 13.5. The lowest BCUT2D eigenvalue weighted by molar-refractivity contribution is -0.141. The van der Waals surface area contributed by atoms with Crippen molar-refractivity contribution < 1.29 is 18.0 Å². The van der Waals surface area contributed by atoms with Crippen LogP contribution in [0, 0.1) is 5.92 Å². The van der Waals surface area contributed by atoms with Crippen LogP contribution in [0.3, 0.4) is 0 Å². The van der Waals surface area contributed by atoms with E-state index in [0.717, 1.165) is 32.0 Å². The molecule has 2 saturated heterocycles. The van der Waals surface area contributed by atoms with Gasteiger partial charge in [-0.2, -0.15) is 13.2 Å². The number of hydrogen-bond acceptors (Lipinski definition) is 6. The first kappa shape index (κ1) is 23.2. The van der Waals surface area contributed by atoms with E-state index >= 15 is 0 Å². The Hall–Kier alpha value is -2.95. The average molecular weight is 464 g/mol. The van der Waals surface area contributed by atoms with Gasteiger partial charge >= 0.3 is 12.2 Å². The van der Waals surface area contributed by atoms with Crippen LogP contribution in [0.5, 0.6) is 0 Å². The highest BCUT2D eigenvalue weighted by Crippen LogP contribution is 2.32. The van der Waals surface area contributed by atoms with Crippen LogP contribution in [-0.2, 0) is 6.18 Å². The van der Waals surface area contributed by atoms with Gasteiger partial charge in [-0.25, -0.2) is 14.8 Å². The van der Waals surface area contributed by atoms with Crippen molar-refractivity contribution in [1.29, 1.82) is 0 Å². The van der Waals surface area contributed by atoms with E-state index in [1.165, 1.54) is 12.4 Å². The number of anilines is 1. The Morgan fingerprint density at radius 3 is 2.55 bits per heavy atom. The second-order valence-electron chi connectivity index (χ2n) is 8.70. The number of nitrogens with zero attached hydrogens (tertiary/aromatic N) is 5. The summed E-state index contributed by atoms with van der Waals surface area (Å²) in [6, 6.07) is 3.70. The van der Waals surface area contributed by atoms with E-state index in [9.17, 15) is 18.0 Å². The second-order valence-corrected chi connectivity index (χ2v) is 8.70. The predicted molar refractivity (Wildman–Crippen MR) is 118 cm³/mol. The molecule has 8 nitrogen and oxygen atoms in total. The minimum absolute atomic E-state index is 0.00509. The number of likely N-dealkylation sites (tertiary alicyclic amines) is 1. The topological polar surface area (TPSA) is 86.3 Å². The zero-order valence-electron chi connectivity index (χ0n) is 18.5. The minimum atomic E-state index is -4.59. The molecule has 178 valence electrons. The number of amides is 2. The largest absolute Gasteiger partial charge is 0.433 e. The summed E-state index contributed by atoms with van der Waals surface area (Å²) in [5, 5.41) is 5.88. The van der Waals surface area contributed by atoms with Gasteiger partial charge in [0, 0.05) is 49.7 Å². The zero-order valence-corrected chi connectivity index (χ0v) is 18.5. The Bertz CT molecular complexity index is 949. The third-order valence-corrected chi connectivity index (χ3v) is 6.18. The van der Waals surface area contributed by atoms with Gasteiger partial charge < -0.3 is 20.4 Å². The number of carbonyl (C=O) groups is 1. The molecule has 11 heteroatoms. The van der Waals surface area contributed by atoms with Crippen LogP contribution in [0.4, 0.5) is 23.8 Å². The summed E-state index contributed by atoms with van der Waals surface area (Å²) < 4.78 is 40.4. The van der Waals surface area contributed by atoms with Gasteiger partial charge in [0.1, 0.15) is 5.82 Å². The second kappa shape index (κ2) is 9.90. The molecular formula is C22H28F3N7O. The van der Waals surface area contributed by atoms with E-state index in [-0.39, 0.29) is 23.7 Å². The number of hydrogen-bond donors (Lipinski definition) is 2. The molecule has 2 N–H and O–H groups in total. The molecule has 0 spiro atoms. The van der Waals surface area contributed by atoms with Crippen LogP contribution in [0.2, 0.25) is 0 Å². The summed E-state index contributed by atoms with van der Waals surface area (Å²) >= 11 is 0. The number of aromatic nitrogens is 3. The van der Waals surface area contributed by atoms with Gasteiger partial charge in [0.25, 0.3) is 0 Å². The van der Waals surface area contributed by atoms with Crippen molar-refractivity contribution in [1.82, 2.24) is 30.5 Å². The highest BCUT2D eigenvalue weighted by atomic mass is 19.4. The van der Waals surface area contributed by atoms with Crippen molar-refractivity contribution in [3.05, 3.63) is 36.3 Å². The van der Waals surface area contributed by atoms with Crippen molar-refractivity contribution in [2.45, 2.75) is 31.5 Å². The van der Waals surface area contributed by atoms with Crippen LogP contribution in [0.1, 0.15) is 25.0 Å². The van der Waals surface area contributed by atoms with E-state index in [2.05, 4.69) is 37.5 Å². The van der Waals surface area contributed by atoms with E-state index in [4.69, 9.17) is 0 Å². The first-order valence-electron chi connectivity index (χ1n) is 11.1. The van der Waals surface area contributed by atoms with Crippen molar-refractivity contribution in [2.75, 3.05) is 44.7 Å². The van der Waals surface area contributed by atoms with Gasteiger partial charge in [-0.15, -0.1) is 0 Å². The molecule has 0 radical (unpaired) electrons. The van der Waals surface area contributed by atoms with Gasteiger partial charge in [-0.3, -0.25) is 4.98 Å². The first-order valence-corrected chi connectivity index (χ1v) is 11.1. The normalized spacial score (nSPS) is 20.1. The molecule has 33 heavy (non-hydrogen) atoms. The van der Waals surface area contributed by atoms with E-state index in [1.54, 1.807) is 17.0 Å². The molecule has 0 bridgehead atoms.